The normalized spacial score (nSPS) is 17.6. The first-order valence-electron chi connectivity index (χ1n) is 10.3. The fourth-order valence-electron chi connectivity index (χ4n) is 4.33. The van der Waals surface area contributed by atoms with Gasteiger partial charge in [0.25, 0.3) is 0 Å². The van der Waals surface area contributed by atoms with Crippen LogP contribution in [-0.2, 0) is 4.79 Å². The molecule has 1 aliphatic rings. The number of pyridine rings is 1. The minimum atomic E-state index is 0.0486. The molecular weight excluding hydrogens is 390 g/mol. The molecule has 0 saturated heterocycles. The summed E-state index contributed by atoms with van der Waals surface area (Å²) < 4.78 is 10.8. The van der Waals surface area contributed by atoms with Crippen molar-refractivity contribution in [1.82, 2.24) is 4.98 Å². The Balaban J connectivity index is 1.79. The predicted molar refractivity (Wildman–Crippen MR) is 123 cm³/mol. The van der Waals surface area contributed by atoms with Gasteiger partial charge in [-0.05, 0) is 66.4 Å². The summed E-state index contributed by atoms with van der Waals surface area (Å²) in [5, 5.41) is 3.60. The second-order valence-electron chi connectivity index (χ2n) is 7.76. The summed E-state index contributed by atoms with van der Waals surface area (Å²) in [5.41, 5.74) is 5.06. The number of amides is 1. The minimum Gasteiger partial charge on any atom is -0.493 e. The molecule has 6 heteroatoms. The number of carbonyl (C=O) groups is 1. The van der Waals surface area contributed by atoms with E-state index in [0.717, 1.165) is 34.5 Å². The van der Waals surface area contributed by atoms with Crippen LogP contribution in [0.5, 0.6) is 11.5 Å². The highest BCUT2D eigenvalue weighted by Crippen LogP contribution is 2.42. The molecule has 2 heterocycles. The molecule has 0 saturated carbocycles. The zero-order valence-corrected chi connectivity index (χ0v) is 18.3. The van der Waals surface area contributed by atoms with E-state index in [1.165, 1.54) is 0 Å². The summed E-state index contributed by atoms with van der Waals surface area (Å²) in [5.74, 6) is 1.42. The molecule has 1 aromatic heterocycles. The third-order valence-corrected chi connectivity index (χ3v) is 5.74. The highest BCUT2D eigenvalue weighted by molar-refractivity contribution is 5.94. The van der Waals surface area contributed by atoms with E-state index in [2.05, 4.69) is 29.4 Å². The highest BCUT2D eigenvalue weighted by Gasteiger charge is 2.32. The van der Waals surface area contributed by atoms with Gasteiger partial charge in [-0.1, -0.05) is 12.1 Å². The molecule has 3 aromatic rings. The molecule has 160 valence electrons. The van der Waals surface area contributed by atoms with E-state index in [1.54, 1.807) is 27.3 Å². The zero-order chi connectivity index (χ0) is 22.0. The molecule has 2 aromatic carbocycles. The van der Waals surface area contributed by atoms with Gasteiger partial charge in [0.05, 0.1) is 25.9 Å². The van der Waals surface area contributed by atoms with Crippen molar-refractivity contribution in [2.75, 3.05) is 24.4 Å². The Labute approximate surface area is 182 Å². The van der Waals surface area contributed by atoms with Gasteiger partial charge in [-0.15, -0.1) is 0 Å². The first-order chi connectivity index (χ1) is 15.0. The Morgan fingerprint density at radius 2 is 1.81 bits per heavy atom. The Kier molecular flexibility index (Phi) is 5.80. The summed E-state index contributed by atoms with van der Waals surface area (Å²) >= 11 is 0. The second-order valence-corrected chi connectivity index (χ2v) is 7.76. The number of carbonyl (C=O) groups excluding carboxylic acids is 1. The van der Waals surface area contributed by atoms with Crippen molar-refractivity contribution >= 4 is 17.3 Å². The van der Waals surface area contributed by atoms with Crippen LogP contribution in [0.1, 0.15) is 31.9 Å². The smallest absolute Gasteiger partial charge is 0.224 e. The number of methoxy groups -OCH3 is 2. The van der Waals surface area contributed by atoms with E-state index in [4.69, 9.17) is 9.47 Å². The summed E-state index contributed by atoms with van der Waals surface area (Å²) in [6.07, 6.45) is 4.38. The van der Waals surface area contributed by atoms with Crippen LogP contribution in [-0.4, -0.2) is 31.2 Å². The van der Waals surface area contributed by atoms with Gasteiger partial charge in [-0.3, -0.25) is 9.78 Å². The first-order valence-corrected chi connectivity index (χ1v) is 10.3. The van der Waals surface area contributed by atoms with E-state index in [9.17, 15) is 4.79 Å². The van der Waals surface area contributed by atoms with Crippen molar-refractivity contribution in [2.45, 2.75) is 32.4 Å². The van der Waals surface area contributed by atoms with Crippen LogP contribution < -0.4 is 19.7 Å². The number of nitrogens with one attached hydrogen (secondary N) is 1. The first kappa shape index (κ1) is 20.7. The summed E-state index contributed by atoms with van der Waals surface area (Å²) in [7, 11) is 3.26. The molecule has 4 rings (SSSR count). The van der Waals surface area contributed by atoms with Crippen LogP contribution in [0, 0.1) is 0 Å². The lowest BCUT2D eigenvalue weighted by atomic mass is 9.89. The Morgan fingerprint density at radius 1 is 1.06 bits per heavy atom. The predicted octanol–water partition coefficient (Wildman–Crippen LogP) is 5.06. The van der Waals surface area contributed by atoms with E-state index in [1.807, 2.05) is 47.5 Å². The van der Waals surface area contributed by atoms with Crippen LogP contribution >= 0.6 is 0 Å². The maximum absolute atomic E-state index is 12.4. The fraction of sp³-hybridized carbons (Fsp3) is 0.280. The molecule has 0 radical (unpaired) electrons. The molecule has 0 spiro atoms. The quantitative estimate of drug-likeness (QED) is 0.628. The monoisotopic (exact) mass is 417 g/mol. The van der Waals surface area contributed by atoms with Crippen molar-refractivity contribution in [2.24, 2.45) is 0 Å². The third-order valence-electron chi connectivity index (χ3n) is 5.74. The second kappa shape index (κ2) is 8.68. The lowest BCUT2D eigenvalue weighted by Gasteiger charge is -2.39. The number of nitrogens with zero attached hydrogens (tertiary/aromatic N) is 2. The third kappa shape index (κ3) is 4.06. The molecular formula is C25H27N3O3. The summed E-state index contributed by atoms with van der Waals surface area (Å²) in [4.78, 5) is 18.5. The van der Waals surface area contributed by atoms with Gasteiger partial charge in [0.1, 0.15) is 0 Å². The molecule has 0 unspecified atom stereocenters. The molecule has 1 amide bonds. The highest BCUT2D eigenvalue weighted by atomic mass is 16.5. The van der Waals surface area contributed by atoms with Gasteiger partial charge >= 0.3 is 0 Å². The standard InChI is InChI=1S/C25H27N3O3/c1-16-12-22(27-20-6-5-11-26-15-20)21-13-18(7-9-23(21)28(16)17(2)29)19-8-10-24(30-3)25(14-19)31-4/h5-11,13-16,22,27H,12H2,1-4H3/t16-,22+/m0/s1. The van der Waals surface area contributed by atoms with E-state index < -0.39 is 0 Å². The average Bonchev–Trinajstić information content (AvgIpc) is 2.78. The molecule has 1 aliphatic heterocycles. The fourth-order valence-corrected chi connectivity index (χ4v) is 4.33. The molecule has 0 fully saturated rings. The van der Waals surface area contributed by atoms with Crippen molar-refractivity contribution in [1.29, 1.82) is 0 Å². The van der Waals surface area contributed by atoms with Crippen LogP contribution in [0.2, 0.25) is 0 Å². The van der Waals surface area contributed by atoms with Gasteiger partial charge < -0.3 is 19.7 Å². The number of aromatic nitrogens is 1. The largest absolute Gasteiger partial charge is 0.493 e. The van der Waals surface area contributed by atoms with Crippen molar-refractivity contribution in [3.63, 3.8) is 0 Å². The number of hydrogen-bond acceptors (Lipinski definition) is 5. The zero-order valence-electron chi connectivity index (χ0n) is 18.3. The number of rotatable bonds is 5. The lowest BCUT2D eigenvalue weighted by molar-refractivity contribution is -0.117. The summed E-state index contributed by atoms with van der Waals surface area (Å²) in [6, 6.07) is 16.2. The van der Waals surface area contributed by atoms with Gasteiger partial charge in [0.15, 0.2) is 11.5 Å². The van der Waals surface area contributed by atoms with Gasteiger partial charge in [0.2, 0.25) is 5.91 Å². The number of anilines is 2. The van der Waals surface area contributed by atoms with Gasteiger partial charge in [0, 0.05) is 31.0 Å². The Morgan fingerprint density at radius 3 is 2.48 bits per heavy atom. The number of hydrogen-bond donors (Lipinski definition) is 1. The van der Waals surface area contributed by atoms with E-state index >= 15 is 0 Å². The average molecular weight is 418 g/mol. The van der Waals surface area contributed by atoms with Crippen molar-refractivity contribution in [3.05, 3.63) is 66.5 Å². The molecule has 0 aliphatic carbocycles. The van der Waals surface area contributed by atoms with Gasteiger partial charge in [-0.2, -0.15) is 0 Å². The van der Waals surface area contributed by atoms with Gasteiger partial charge in [-0.25, -0.2) is 0 Å². The van der Waals surface area contributed by atoms with Crippen LogP contribution in [0.3, 0.4) is 0 Å². The molecule has 2 atom stereocenters. The Hall–Kier alpha value is -3.54. The number of benzene rings is 2. The maximum atomic E-state index is 12.4. The molecule has 0 bridgehead atoms. The SMILES string of the molecule is COc1ccc(-c2ccc3c(c2)[C@H](Nc2cccnc2)C[C@H](C)N3C(C)=O)cc1OC. The topological polar surface area (TPSA) is 63.7 Å². The number of ether oxygens (including phenoxy) is 2. The number of fused-ring (bicyclic) bond motifs is 1. The molecule has 31 heavy (non-hydrogen) atoms. The molecule has 1 N–H and O–H groups in total. The summed E-state index contributed by atoms with van der Waals surface area (Å²) in [6.45, 7) is 3.71. The van der Waals surface area contributed by atoms with Crippen LogP contribution in [0.25, 0.3) is 11.1 Å². The Bertz CT molecular complexity index is 1080. The van der Waals surface area contributed by atoms with E-state index in [-0.39, 0.29) is 18.0 Å². The van der Waals surface area contributed by atoms with Crippen LogP contribution in [0.15, 0.2) is 60.9 Å². The van der Waals surface area contributed by atoms with Crippen molar-refractivity contribution in [3.8, 4) is 22.6 Å². The van der Waals surface area contributed by atoms with Crippen LogP contribution in [0.4, 0.5) is 11.4 Å². The maximum Gasteiger partial charge on any atom is 0.224 e. The lowest BCUT2D eigenvalue weighted by Crippen LogP contribution is -2.43. The molecule has 6 nitrogen and oxygen atoms in total. The van der Waals surface area contributed by atoms with Crippen molar-refractivity contribution < 1.29 is 14.3 Å². The van der Waals surface area contributed by atoms with E-state index in [0.29, 0.717) is 11.5 Å². The minimum absolute atomic E-state index is 0.0486.